The molecule has 130 valence electrons. The first-order valence-corrected chi connectivity index (χ1v) is 8.50. The minimum absolute atomic E-state index is 0.0910. The van der Waals surface area contributed by atoms with Crippen LogP contribution in [-0.2, 0) is 10.3 Å². The van der Waals surface area contributed by atoms with E-state index in [2.05, 4.69) is 0 Å². The van der Waals surface area contributed by atoms with Crippen molar-refractivity contribution in [1.82, 2.24) is 0 Å². The van der Waals surface area contributed by atoms with E-state index in [0.29, 0.717) is 16.7 Å². The molecule has 0 atom stereocenters. The Labute approximate surface area is 159 Å². The number of benzene rings is 3. The molecular formula is C20H12Cl2O4. The second kappa shape index (κ2) is 5.94. The zero-order chi connectivity index (χ0) is 18.5. The number of fused-ring (bicyclic) bond motifs is 1. The van der Waals surface area contributed by atoms with Gasteiger partial charge < -0.3 is 14.9 Å². The molecule has 0 unspecified atom stereocenters. The number of carbonyl (C=O) groups is 1. The van der Waals surface area contributed by atoms with Crippen LogP contribution in [0.15, 0.2) is 60.7 Å². The van der Waals surface area contributed by atoms with Gasteiger partial charge in [-0.3, -0.25) is 0 Å². The predicted octanol–water partition coefficient (Wildman–Crippen LogP) is 4.87. The largest absolute Gasteiger partial charge is 0.508 e. The summed E-state index contributed by atoms with van der Waals surface area (Å²) >= 11 is 12.4. The fourth-order valence-electron chi connectivity index (χ4n) is 3.28. The summed E-state index contributed by atoms with van der Waals surface area (Å²) < 4.78 is 5.86. The van der Waals surface area contributed by atoms with Crippen molar-refractivity contribution in [2.24, 2.45) is 0 Å². The highest BCUT2D eigenvalue weighted by molar-refractivity contribution is 6.44. The van der Waals surface area contributed by atoms with Gasteiger partial charge in [-0.1, -0.05) is 53.5 Å². The molecule has 0 saturated carbocycles. The molecule has 3 aromatic rings. The van der Waals surface area contributed by atoms with Crippen molar-refractivity contribution in [1.29, 1.82) is 0 Å². The maximum atomic E-state index is 12.7. The first kappa shape index (κ1) is 16.8. The Kier molecular flexibility index (Phi) is 3.83. The number of ether oxygens (including phenoxy) is 1. The summed E-state index contributed by atoms with van der Waals surface area (Å²) in [5.41, 5.74) is 0.758. The van der Waals surface area contributed by atoms with Gasteiger partial charge in [0.1, 0.15) is 11.5 Å². The van der Waals surface area contributed by atoms with E-state index in [1.807, 2.05) is 0 Å². The van der Waals surface area contributed by atoms with Crippen LogP contribution < -0.4 is 0 Å². The van der Waals surface area contributed by atoms with Crippen LogP contribution in [0.1, 0.15) is 27.0 Å². The Morgan fingerprint density at radius 3 is 1.77 bits per heavy atom. The Hall–Kier alpha value is -2.69. The van der Waals surface area contributed by atoms with E-state index in [1.165, 1.54) is 24.3 Å². The first-order valence-electron chi connectivity index (χ1n) is 7.74. The van der Waals surface area contributed by atoms with E-state index in [-0.39, 0.29) is 27.1 Å². The van der Waals surface area contributed by atoms with Crippen LogP contribution in [0.25, 0.3) is 0 Å². The van der Waals surface area contributed by atoms with Crippen molar-refractivity contribution in [3.63, 3.8) is 0 Å². The fraction of sp³-hybridized carbons (Fsp3) is 0.0500. The van der Waals surface area contributed by atoms with E-state index >= 15 is 0 Å². The van der Waals surface area contributed by atoms with Gasteiger partial charge in [-0.25, -0.2) is 4.79 Å². The number of carbonyl (C=O) groups excluding carboxylic acids is 1. The zero-order valence-electron chi connectivity index (χ0n) is 13.2. The van der Waals surface area contributed by atoms with E-state index in [9.17, 15) is 15.0 Å². The molecule has 0 bridgehead atoms. The van der Waals surface area contributed by atoms with Crippen LogP contribution in [-0.4, -0.2) is 16.2 Å². The normalized spacial score (nSPS) is 14.8. The quantitative estimate of drug-likeness (QED) is 0.616. The minimum atomic E-state index is -1.26. The summed E-state index contributed by atoms with van der Waals surface area (Å²) in [6.07, 6.45) is 0. The molecule has 6 heteroatoms. The zero-order valence-corrected chi connectivity index (χ0v) is 14.8. The molecule has 0 aliphatic carbocycles. The Morgan fingerprint density at radius 1 is 0.769 bits per heavy atom. The van der Waals surface area contributed by atoms with Gasteiger partial charge >= 0.3 is 5.97 Å². The van der Waals surface area contributed by atoms with Crippen LogP contribution in [0.2, 0.25) is 10.0 Å². The number of phenolic OH excluding ortho intramolecular Hbond substituents is 2. The summed E-state index contributed by atoms with van der Waals surface area (Å²) in [6, 6.07) is 16.1. The third kappa shape index (κ3) is 2.34. The van der Waals surface area contributed by atoms with E-state index < -0.39 is 11.6 Å². The standard InChI is InChI=1S/C20H12Cl2O4/c21-16-10-9-15-17(18(16)22)19(25)26-20(15,11-1-5-13(23)6-2-11)12-3-7-14(24)8-4-12/h1-10,23-24H. The van der Waals surface area contributed by atoms with Gasteiger partial charge in [0.15, 0.2) is 5.60 Å². The number of phenols is 2. The summed E-state index contributed by atoms with van der Waals surface area (Å²) in [5, 5.41) is 19.7. The lowest BCUT2D eigenvalue weighted by Gasteiger charge is -2.30. The van der Waals surface area contributed by atoms with Gasteiger partial charge in [-0.15, -0.1) is 0 Å². The van der Waals surface area contributed by atoms with E-state index in [4.69, 9.17) is 27.9 Å². The lowest BCUT2D eigenvalue weighted by molar-refractivity contribution is 0.0251. The third-order valence-electron chi connectivity index (χ3n) is 4.47. The average Bonchev–Trinajstić information content (AvgIpc) is 2.93. The molecule has 3 aromatic carbocycles. The van der Waals surface area contributed by atoms with Gasteiger partial charge in [0.2, 0.25) is 0 Å². The minimum Gasteiger partial charge on any atom is -0.508 e. The van der Waals surface area contributed by atoms with Crippen LogP contribution in [0, 0.1) is 0 Å². The molecule has 2 N–H and O–H groups in total. The molecule has 0 fully saturated rings. The van der Waals surface area contributed by atoms with Gasteiger partial charge in [0.25, 0.3) is 0 Å². The van der Waals surface area contributed by atoms with Crippen molar-refractivity contribution in [2.75, 3.05) is 0 Å². The maximum Gasteiger partial charge on any atom is 0.341 e. The van der Waals surface area contributed by atoms with Crippen molar-refractivity contribution in [2.45, 2.75) is 5.60 Å². The number of cyclic esters (lactones) is 1. The van der Waals surface area contributed by atoms with Crippen molar-refractivity contribution in [3.05, 3.63) is 93.0 Å². The van der Waals surface area contributed by atoms with Gasteiger partial charge in [0, 0.05) is 16.7 Å². The monoisotopic (exact) mass is 386 g/mol. The summed E-state index contributed by atoms with van der Waals surface area (Å²) in [5.74, 6) is -0.407. The van der Waals surface area contributed by atoms with Crippen molar-refractivity contribution in [3.8, 4) is 11.5 Å². The van der Waals surface area contributed by atoms with Crippen LogP contribution in [0.5, 0.6) is 11.5 Å². The summed E-state index contributed by atoms with van der Waals surface area (Å²) in [4.78, 5) is 12.7. The van der Waals surface area contributed by atoms with Crippen molar-refractivity contribution < 1.29 is 19.7 Å². The smallest absolute Gasteiger partial charge is 0.341 e. The molecule has 0 aromatic heterocycles. The topological polar surface area (TPSA) is 66.8 Å². The van der Waals surface area contributed by atoms with Gasteiger partial charge in [0.05, 0.1) is 15.6 Å². The Bertz CT molecular complexity index is 966. The molecular weight excluding hydrogens is 375 g/mol. The molecule has 0 saturated heterocycles. The molecule has 0 spiro atoms. The summed E-state index contributed by atoms with van der Waals surface area (Å²) in [6.45, 7) is 0. The average molecular weight is 387 g/mol. The molecule has 1 aliphatic rings. The second-order valence-electron chi connectivity index (χ2n) is 5.95. The van der Waals surface area contributed by atoms with Gasteiger partial charge in [-0.05, 0) is 30.3 Å². The highest BCUT2D eigenvalue weighted by Gasteiger charge is 2.49. The highest BCUT2D eigenvalue weighted by atomic mass is 35.5. The number of aromatic hydroxyl groups is 2. The van der Waals surface area contributed by atoms with Crippen LogP contribution >= 0.6 is 23.2 Å². The van der Waals surface area contributed by atoms with Gasteiger partial charge in [-0.2, -0.15) is 0 Å². The molecule has 1 heterocycles. The lowest BCUT2D eigenvalue weighted by atomic mass is 9.80. The maximum absolute atomic E-state index is 12.7. The first-order chi connectivity index (χ1) is 12.4. The molecule has 4 nitrogen and oxygen atoms in total. The van der Waals surface area contributed by atoms with Crippen molar-refractivity contribution >= 4 is 29.2 Å². The highest BCUT2D eigenvalue weighted by Crippen LogP contribution is 2.50. The number of hydrogen-bond donors (Lipinski definition) is 2. The molecule has 1 aliphatic heterocycles. The number of halogens is 2. The molecule has 0 radical (unpaired) electrons. The Morgan fingerprint density at radius 2 is 1.27 bits per heavy atom. The molecule has 4 rings (SSSR count). The SMILES string of the molecule is O=C1OC(c2ccc(O)cc2)(c2ccc(O)cc2)c2ccc(Cl)c(Cl)c21. The molecule has 0 amide bonds. The Balaban J connectivity index is 2.07. The van der Waals surface area contributed by atoms with Crippen LogP contribution in [0.3, 0.4) is 0 Å². The van der Waals surface area contributed by atoms with E-state index in [1.54, 1.807) is 36.4 Å². The lowest BCUT2D eigenvalue weighted by Crippen LogP contribution is -2.29. The van der Waals surface area contributed by atoms with Crippen LogP contribution in [0.4, 0.5) is 0 Å². The predicted molar refractivity (Wildman–Crippen MR) is 98.0 cm³/mol. The number of hydrogen-bond acceptors (Lipinski definition) is 4. The summed E-state index contributed by atoms with van der Waals surface area (Å²) in [7, 11) is 0. The number of rotatable bonds is 2. The third-order valence-corrected chi connectivity index (χ3v) is 5.28. The number of esters is 1. The second-order valence-corrected chi connectivity index (χ2v) is 6.73. The molecule has 26 heavy (non-hydrogen) atoms. The fourth-order valence-corrected chi connectivity index (χ4v) is 3.68. The van der Waals surface area contributed by atoms with E-state index in [0.717, 1.165) is 0 Å².